The summed E-state index contributed by atoms with van der Waals surface area (Å²) < 4.78 is 45.3. The normalized spacial score (nSPS) is 17.3. The van der Waals surface area contributed by atoms with Crippen LogP contribution in [0.25, 0.3) is 10.2 Å². The van der Waals surface area contributed by atoms with E-state index >= 15 is 0 Å². The van der Waals surface area contributed by atoms with E-state index in [9.17, 15) is 18.0 Å². The number of piperazine rings is 1. The van der Waals surface area contributed by atoms with E-state index in [1.807, 2.05) is 19.1 Å². The van der Waals surface area contributed by atoms with Gasteiger partial charge < -0.3 is 14.7 Å². The molecule has 4 rings (SSSR count). The van der Waals surface area contributed by atoms with Crippen molar-refractivity contribution in [3.8, 4) is 5.75 Å². The molecule has 1 aliphatic heterocycles. The molecule has 1 atom stereocenters. The fourth-order valence-corrected chi connectivity index (χ4v) is 5.52. The van der Waals surface area contributed by atoms with Gasteiger partial charge in [-0.1, -0.05) is 31.3 Å². The molecule has 0 saturated carbocycles. The van der Waals surface area contributed by atoms with Gasteiger partial charge in [0, 0.05) is 32.2 Å². The van der Waals surface area contributed by atoms with Gasteiger partial charge in [0.25, 0.3) is 0 Å². The number of hydrogen-bond donors (Lipinski definition) is 1. The van der Waals surface area contributed by atoms with E-state index in [-0.39, 0.29) is 12.6 Å². The van der Waals surface area contributed by atoms with Gasteiger partial charge in [0.1, 0.15) is 5.75 Å². The van der Waals surface area contributed by atoms with Crippen molar-refractivity contribution in [1.29, 1.82) is 0 Å². The number of halogens is 3. The lowest BCUT2D eigenvalue weighted by Crippen LogP contribution is -2.55. The van der Waals surface area contributed by atoms with Gasteiger partial charge in [-0.3, -0.25) is 4.90 Å². The van der Waals surface area contributed by atoms with Gasteiger partial charge in [-0.05, 0) is 54.3 Å². The lowest BCUT2D eigenvalue weighted by Gasteiger charge is -2.43. The van der Waals surface area contributed by atoms with Crippen LogP contribution >= 0.6 is 11.3 Å². The molecule has 0 amide bonds. The molecule has 2 aromatic carbocycles. The van der Waals surface area contributed by atoms with E-state index in [4.69, 9.17) is 9.84 Å². The number of ether oxygens (including phenoxy) is 1. The van der Waals surface area contributed by atoms with Gasteiger partial charge in [-0.25, -0.2) is 9.78 Å². The largest absolute Gasteiger partial charge is 0.482 e. The van der Waals surface area contributed by atoms with Crippen LogP contribution < -0.4 is 9.64 Å². The number of carbonyl (C=O) groups is 1. The molecule has 1 aliphatic rings. The van der Waals surface area contributed by atoms with E-state index in [2.05, 4.69) is 34.7 Å². The fraction of sp³-hybridized carbons (Fsp3) is 0.440. The van der Waals surface area contributed by atoms with E-state index in [1.165, 1.54) is 23.5 Å². The smallest absolute Gasteiger partial charge is 0.416 e. The summed E-state index contributed by atoms with van der Waals surface area (Å²) >= 11 is 1.30. The molecule has 1 N–H and O–H groups in total. The second-order valence-electron chi connectivity index (χ2n) is 9.25. The number of aliphatic carboxylic acids is 1. The van der Waals surface area contributed by atoms with E-state index in [1.54, 1.807) is 0 Å². The number of rotatable bonds is 7. The number of benzene rings is 2. The van der Waals surface area contributed by atoms with Crippen LogP contribution in [0.2, 0.25) is 0 Å². The minimum absolute atomic E-state index is 0.152. The number of nitrogens with zero attached hydrogens (tertiary/aromatic N) is 3. The van der Waals surface area contributed by atoms with Gasteiger partial charge in [-0.2, -0.15) is 13.2 Å². The molecule has 0 bridgehead atoms. The molecule has 0 aliphatic carbocycles. The zero-order valence-electron chi connectivity index (χ0n) is 19.8. The molecular weight excluding hydrogens is 479 g/mol. The predicted octanol–water partition coefficient (Wildman–Crippen LogP) is 5.43. The third-order valence-electron chi connectivity index (χ3n) is 6.10. The summed E-state index contributed by atoms with van der Waals surface area (Å²) in [4.78, 5) is 20.0. The van der Waals surface area contributed by atoms with Crippen LogP contribution in [-0.2, 0) is 17.5 Å². The summed E-state index contributed by atoms with van der Waals surface area (Å²) in [6, 6.07) is 9.62. The minimum Gasteiger partial charge on any atom is -0.482 e. The maximum Gasteiger partial charge on any atom is 0.416 e. The Bertz CT molecular complexity index is 1210. The molecule has 1 fully saturated rings. The molecule has 6 nitrogen and oxygen atoms in total. The fourth-order valence-electron chi connectivity index (χ4n) is 4.44. The number of fused-ring (bicyclic) bond motifs is 1. The average Bonchev–Trinajstić information content (AvgIpc) is 3.20. The van der Waals surface area contributed by atoms with Crippen LogP contribution in [0, 0.1) is 12.8 Å². The molecule has 188 valence electrons. The molecule has 35 heavy (non-hydrogen) atoms. The highest BCUT2D eigenvalue weighted by Crippen LogP contribution is 2.37. The van der Waals surface area contributed by atoms with Crippen molar-refractivity contribution < 1.29 is 27.8 Å². The van der Waals surface area contributed by atoms with Gasteiger partial charge in [-0.15, -0.1) is 0 Å². The third-order valence-corrected chi connectivity index (χ3v) is 7.16. The number of thiazole rings is 1. The second-order valence-corrected chi connectivity index (χ2v) is 10.3. The standard InChI is InChI=1S/C25H28F3N3O3S/c1-15(2)21-13-30(12-17-8-16(3)9-19(10-17)34-14-23(32)33)6-7-31(21)24-29-20-5-4-18(25(26,27)28)11-22(20)35-24/h4-5,8-11,15,21H,6-7,12-14H2,1-3H3,(H,32,33)/t21-/m1/s1. The highest BCUT2D eigenvalue weighted by Gasteiger charge is 2.33. The molecule has 1 aromatic heterocycles. The summed E-state index contributed by atoms with van der Waals surface area (Å²) in [5.41, 5.74) is 1.96. The number of aromatic nitrogens is 1. The zero-order valence-corrected chi connectivity index (χ0v) is 20.6. The molecule has 1 saturated heterocycles. The van der Waals surface area contributed by atoms with Crippen LogP contribution in [0.5, 0.6) is 5.75 Å². The van der Waals surface area contributed by atoms with Gasteiger partial charge in [0.15, 0.2) is 11.7 Å². The first-order valence-electron chi connectivity index (χ1n) is 11.4. The highest BCUT2D eigenvalue weighted by molar-refractivity contribution is 7.22. The first-order valence-corrected chi connectivity index (χ1v) is 12.2. The number of aryl methyl sites for hydroxylation is 1. The monoisotopic (exact) mass is 507 g/mol. The Balaban J connectivity index is 1.50. The van der Waals surface area contributed by atoms with Crippen LogP contribution in [-0.4, -0.2) is 53.2 Å². The van der Waals surface area contributed by atoms with Crippen LogP contribution in [0.4, 0.5) is 18.3 Å². The molecule has 3 aromatic rings. The van der Waals surface area contributed by atoms with Crippen molar-refractivity contribution in [3.05, 3.63) is 53.1 Å². The number of anilines is 1. The minimum atomic E-state index is -4.38. The van der Waals surface area contributed by atoms with Crippen molar-refractivity contribution in [3.63, 3.8) is 0 Å². The van der Waals surface area contributed by atoms with Gasteiger partial charge in [0.2, 0.25) is 0 Å². The maximum absolute atomic E-state index is 13.1. The number of alkyl halides is 3. The lowest BCUT2D eigenvalue weighted by molar-refractivity contribution is -0.139. The Kier molecular flexibility index (Phi) is 7.23. The van der Waals surface area contributed by atoms with Crippen LogP contribution in [0.3, 0.4) is 0 Å². The summed E-state index contributed by atoms with van der Waals surface area (Å²) in [6.45, 7) is 8.79. The van der Waals surface area contributed by atoms with Crippen molar-refractivity contribution >= 4 is 32.7 Å². The summed E-state index contributed by atoms with van der Waals surface area (Å²) in [5, 5.41) is 9.63. The molecule has 0 radical (unpaired) electrons. The first kappa shape index (κ1) is 25.2. The number of carboxylic acid groups (broad SMARTS) is 1. The SMILES string of the molecule is Cc1cc(CN2CCN(c3nc4ccc(C(F)(F)F)cc4s3)[C@@H](C(C)C)C2)cc(OCC(=O)O)c1. The Labute approximate surface area is 205 Å². The Hall–Kier alpha value is -2.85. The molecular formula is C25H28F3N3O3S. The van der Waals surface area contributed by atoms with Crippen LogP contribution in [0.1, 0.15) is 30.5 Å². The third kappa shape index (κ3) is 6.05. The van der Waals surface area contributed by atoms with Crippen molar-refractivity contribution in [1.82, 2.24) is 9.88 Å². The highest BCUT2D eigenvalue weighted by atomic mass is 32.1. The molecule has 0 spiro atoms. The van der Waals surface area contributed by atoms with Gasteiger partial charge >= 0.3 is 12.1 Å². The first-order chi connectivity index (χ1) is 16.5. The Morgan fingerprint density at radius 2 is 2.00 bits per heavy atom. The number of hydrogen-bond acceptors (Lipinski definition) is 6. The van der Waals surface area contributed by atoms with Crippen LogP contribution in [0.15, 0.2) is 36.4 Å². The lowest BCUT2D eigenvalue weighted by atomic mass is 9.99. The maximum atomic E-state index is 13.1. The Morgan fingerprint density at radius 1 is 1.23 bits per heavy atom. The molecule has 2 heterocycles. The summed E-state index contributed by atoms with van der Waals surface area (Å²) in [5.74, 6) is -0.176. The van der Waals surface area contributed by atoms with Crippen molar-refractivity contribution in [2.45, 2.75) is 39.5 Å². The Morgan fingerprint density at radius 3 is 2.69 bits per heavy atom. The number of carboxylic acids is 1. The molecule has 0 unspecified atom stereocenters. The van der Waals surface area contributed by atoms with E-state index in [0.29, 0.717) is 35.0 Å². The summed E-state index contributed by atoms with van der Waals surface area (Å²) in [6.07, 6.45) is -4.38. The summed E-state index contributed by atoms with van der Waals surface area (Å²) in [7, 11) is 0. The van der Waals surface area contributed by atoms with E-state index in [0.717, 1.165) is 35.4 Å². The van der Waals surface area contributed by atoms with Gasteiger partial charge in [0.05, 0.1) is 15.8 Å². The second kappa shape index (κ2) is 10.0. The predicted molar refractivity (Wildman–Crippen MR) is 130 cm³/mol. The molecule has 10 heteroatoms. The average molecular weight is 508 g/mol. The van der Waals surface area contributed by atoms with Crippen molar-refractivity contribution in [2.75, 3.05) is 31.1 Å². The zero-order chi connectivity index (χ0) is 25.3. The quantitative estimate of drug-likeness (QED) is 0.460. The van der Waals surface area contributed by atoms with E-state index < -0.39 is 17.7 Å². The van der Waals surface area contributed by atoms with Crippen molar-refractivity contribution in [2.24, 2.45) is 5.92 Å². The topological polar surface area (TPSA) is 65.9 Å².